The van der Waals surface area contributed by atoms with Crippen molar-refractivity contribution < 1.29 is 26.0 Å². The van der Waals surface area contributed by atoms with Gasteiger partial charge in [0.1, 0.15) is 11.2 Å². The van der Waals surface area contributed by atoms with Gasteiger partial charge in [0.05, 0.1) is 16.9 Å². The summed E-state index contributed by atoms with van der Waals surface area (Å²) in [5.74, 6) is -0.269. The molecule has 2 heterocycles. The zero-order valence-corrected chi connectivity index (χ0v) is 18.5. The minimum absolute atomic E-state index is 0.0101. The van der Waals surface area contributed by atoms with Crippen LogP contribution < -0.4 is 0 Å². The quantitative estimate of drug-likeness (QED) is 0.282. The van der Waals surface area contributed by atoms with E-state index in [4.69, 9.17) is 4.42 Å². The molecule has 0 radical (unpaired) electrons. The van der Waals surface area contributed by atoms with Crippen molar-refractivity contribution in [2.75, 3.05) is 19.3 Å². The molecule has 2 aromatic heterocycles. The third-order valence-electron chi connectivity index (χ3n) is 4.25. The summed E-state index contributed by atoms with van der Waals surface area (Å²) in [5.41, 5.74) is -3.59. The molecular formula is C19H19F3N4O3S2. The van der Waals surface area contributed by atoms with Crippen LogP contribution in [0.3, 0.4) is 0 Å². The summed E-state index contributed by atoms with van der Waals surface area (Å²) in [7, 11) is -1.93. The minimum atomic E-state index is -4.44. The molecule has 0 fully saturated rings. The fraction of sp³-hybridized carbons (Fsp3) is 0.316. The fourth-order valence-corrected chi connectivity index (χ4v) is 4.17. The number of benzene rings is 1. The van der Waals surface area contributed by atoms with Gasteiger partial charge < -0.3 is 9.43 Å². The largest absolute Gasteiger partial charge is 0.446 e. The van der Waals surface area contributed by atoms with Crippen LogP contribution in [0, 0.1) is 0 Å². The summed E-state index contributed by atoms with van der Waals surface area (Å²) in [4.78, 5) is 8.25. The van der Waals surface area contributed by atoms with E-state index in [0.29, 0.717) is 12.1 Å². The van der Waals surface area contributed by atoms with Gasteiger partial charge in [-0.2, -0.15) is 18.3 Å². The third-order valence-corrected chi connectivity index (χ3v) is 6.71. The van der Waals surface area contributed by atoms with E-state index in [0.717, 1.165) is 0 Å². The molecule has 0 N–H and O–H groups in total. The maximum atomic E-state index is 12.7. The highest BCUT2D eigenvalue weighted by Crippen LogP contribution is 2.38. The first-order valence-electron chi connectivity index (χ1n) is 9.17. The van der Waals surface area contributed by atoms with Crippen molar-refractivity contribution in [1.29, 1.82) is 0 Å². The number of fused-ring (bicyclic) bond motifs is 1. The number of aromatic nitrogens is 2. The summed E-state index contributed by atoms with van der Waals surface area (Å²) >= 11 is -0.269. The van der Waals surface area contributed by atoms with E-state index in [-0.39, 0.29) is 50.0 Å². The molecule has 0 atom stereocenters. The summed E-state index contributed by atoms with van der Waals surface area (Å²) in [6, 6.07) is 5.27. The van der Waals surface area contributed by atoms with Gasteiger partial charge in [0.25, 0.3) is 0 Å². The SMILES string of the molecule is CCN(C)/N=C/c1cnc(-c2nc3cc(SC(F)(F)F)ccc3o2)c(S(=O)(=O)CC)c1. The smallest absolute Gasteiger partial charge is 0.435 e. The Labute approximate surface area is 181 Å². The van der Waals surface area contributed by atoms with Gasteiger partial charge in [-0.25, -0.2) is 18.4 Å². The molecule has 0 saturated carbocycles. The minimum Gasteiger partial charge on any atom is -0.435 e. The normalized spacial score (nSPS) is 12.7. The topological polar surface area (TPSA) is 88.7 Å². The number of hydrazone groups is 1. The van der Waals surface area contributed by atoms with E-state index in [9.17, 15) is 21.6 Å². The average Bonchev–Trinajstić information content (AvgIpc) is 3.13. The van der Waals surface area contributed by atoms with Crippen molar-refractivity contribution in [2.45, 2.75) is 29.1 Å². The van der Waals surface area contributed by atoms with E-state index < -0.39 is 15.3 Å². The molecule has 0 saturated heterocycles. The van der Waals surface area contributed by atoms with Crippen molar-refractivity contribution in [2.24, 2.45) is 5.10 Å². The van der Waals surface area contributed by atoms with Crippen molar-refractivity contribution in [3.8, 4) is 11.6 Å². The lowest BCUT2D eigenvalue weighted by molar-refractivity contribution is -0.0328. The van der Waals surface area contributed by atoms with Crippen LogP contribution in [0.4, 0.5) is 13.2 Å². The zero-order valence-electron chi connectivity index (χ0n) is 16.8. The Bertz CT molecular complexity index is 1220. The molecule has 31 heavy (non-hydrogen) atoms. The molecule has 0 spiro atoms. The van der Waals surface area contributed by atoms with Gasteiger partial charge in [-0.15, -0.1) is 0 Å². The molecule has 166 valence electrons. The number of pyridine rings is 1. The maximum absolute atomic E-state index is 12.7. The highest BCUT2D eigenvalue weighted by Gasteiger charge is 2.29. The molecule has 0 aliphatic rings. The van der Waals surface area contributed by atoms with Gasteiger partial charge in [0.2, 0.25) is 5.89 Å². The highest BCUT2D eigenvalue weighted by molar-refractivity contribution is 8.00. The molecule has 0 amide bonds. The van der Waals surface area contributed by atoms with Crippen LogP contribution in [0.15, 0.2) is 49.8 Å². The molecular weight excluding hydrogens is 453 g/mol. The molecule has 3 aromatic rings. The van der Waals surface area contributed by atoms with E-state index >= 15 is 0 Å². The van der Waals surface area contributed by atoms with Crippen LogP contribution in [0.5, 0.6) is 0 Å². The van der Waals surface area contributed by atoms with Crippen molar-refractivity contribution in [3.05, 3.63) is 36.0 Å². The number of hydrogen-bond acceptors (Lipinski definition) is 8. The van der Waals surface area contributed by atoms with E-state index in [1.807, 2.05) is 6.92 Å². The number of alkyl halides is 3. The summed E-state index contributed by atoms with van der Waals surface area (Å²) in [6.45, 7) is 4.08. The predicted octanol–water partition coefficient (Wildman–Crippen LogP) is 4.58. The Kier molecular flexibility index (Phi) is 6.60. The van der Waals surface area contributed by atoms with Crippen molar-refractivity contribution in [3.63, 3.8) is 0 Å². The Balaban J connectivity index is 2.08. The number of nitrogens with zero attached hydrogens (tertiary/aromatic N) is 4. The monoisotopic (exact) mass is 472 g/mol. The van der Waals surface area contributed by atoms with Gasteiger partial charge in [-0.05, 0) is 43.0 Å². The van der Waals surface area contributed by atoms with E-state index in [2.05, 4.69) is 15.1 Å². The average molecular weight is 473 g/mol. The molecule has 0 bridgehead atoms. The van der Waals surface area contributed by atoms with Gasteiger partial charge in [-0.3, -0.25) is 0 Å². The van der Waals surface area contributed by atoms with Crippen LogP contribution >= 0.6 is 11.8 Å². The summed E-state index contributed by atoms with van der Waals surface area (Å²) in [5, 5.41) is 5.84. The van der Waals surface area contributed by atoms with Crippen LogP contribution in [-0.4, -0.2) is 54.5 Å². The van der Waals surface area contributed by atoms with Crippen LogP contribution in [0.1, 0.15) is 19.4 Å². The first kappa shape index (κ1) is 23.1. The van der Waals surface area contributed by atoms with Gasteiger partial charge in [0, 0.05) is 30.2 Å². The van der Waals surface area contributed by atoms with Crippen molar-refractivity contribution in [1.82, 2.24) is 15.0 Å². The number of hydrogen-bond donors (Lipinski definition) is 0. The lowest BCUT2D eigenvalue weighted by Crippen LogP contribution is -2.10. The predicted molar refractivity (Wildman–Crippen MR) is 113 cm³/mol. The maximum Gasteiger partial charge on any atom is 0.446 e. The lowest BCUT2D eigenvalue weighted by atomic mass is 10.2. The number of rotatable bonds is 7. The van der Waals surface area contributed by atoms with Gasteiger partial charge in [-0.1, -0.05) is 6.92 Å². The number of sulfone groups is 1. The van der Waals surface area contributed by atoms with Crippen LogP contribution in [0.25, 0.3) is 22.7 Å². The van der Waals surface area contributed by atoms with Crippen molar-refractivity contribution >= 4 is 38.9 Å². The second-order valence-corrected chi connectivity index (χ2v) is 9.82. The molecule has 12 heteroatoms. The Hall–Kier alpha value is -2.60. The second-order valence-electron chi connectivity index (χ2n) is 6.43. The number of thioether (sulfide) groups is 1. The third kappa shape index (κ3) is 5.56. The first-order valence-corrected chi connectivity index (χ1v) is 11.6. The van der Waals surface area contributed by atoms with E-state index in [1.54, 1.807) is 12.1 Å². The Morgan fingerprint density at radius 2 is 2.00 bits per heavy atom. The molecule has 0 unspecified atom stereocenters. The fourth-order valence-electron chi connectivity index (χ4n) is 2.54. The summed E-state index contributed by atoms with van der Waals surface area (Å²) in [6.07, 6.45) is 2.92. The molecule has 7 nitrogen and oxygen atoms in total. The highest BCUT2D eigenvalue weighted by atomic mass is 32.2. The lowest BCUT2D eigenvalue weighted by Gasteiger charge is -2.09. The van der Waals surface area contributed by atoms with Crippen LogP contribution in [-0.2, 0) is 9.84 Å². The molecule has 0 aliphatic heterocycles. The first-order chi connectivity index (χ1) is 14.5. The molecule has 0 aliphatic carbocycles. The Morgan fingerprint density at radius 3 is 2.65 bits per heavy atom. The van der Waals surface area contributed by atoms with E-state index in [1.165, 1.54) is 43.6 Å². The zero-order chi connectivity index (χ0) is 22.8. The summed E-state index contributed by atoms with van der Waals surface area (Å²) < 4.78 is 68.9. The van der Waals surface area contributed by atoms with Gasteiger partial charge in [0.15, 0.2) is 15.4 Å². The second kappa shape index (κ2) is 8.87. The number of oxazole rings is 1. The van der Waals surface area contributed by atoms with Crippen LogP contribution in [0.2, 0.25) is 0 Å². The number of halogens is 3. The molecule has 3 rings (SSSR count). The Morgan fingerprint density at radius 1 is 1.26 bits per heavy atom. The van der Waals surface area contributed by atoms with Gasteiger partial charge >= 0.3 is 5.51 Å². The standard InChI is InChI=1S/C19H19F3N4O3S2/c1-4-26(3)24-11-12-8-16(31(27,28)5-2)17(23-10-12)18-25-14-9-13(30-19(20,21)22)6-7-15(14)29-18/h6-11H,4-5H2,1-3H3/b24-11+. The molecule has 1 aromatic carbocycles.